The number of aromatic hydroxyl groups is 1. The minimum Gasteiger partial charge on any atom is -0.506 e. The van der Waals surface area contributed by atoms with Crippen molar-refractivity contribution >= 4 is 10.1 Å². The smallest absolute Gasteiger partial charge is 0.298 e. The fourth-order valence-electron chi connectivity index (χ4n) is 3.44. The lowest BCUT2D eigenvalue weighted by Gasteiger charge is -2.06. The zero-order valence-corrected chi connectivity index (χ0v) is 17.8. The molecule has 1 aromatic carbocycles. The molecule has 0 saturated carbocycles. The number of aryl methyl sites for hydroxylation is 1. The Morgan fingerprint density at radius 2 is 1.19 bits per heavy atom. The predicted octanol–water partition coefficient (Wildman–Crippen LogP) is 6.66. The summed E-state index contributed by atoms with van der Waals surface area (Å²) in [6, 6.07) is 4.42. The molecule has 0 aliphatic rings. The van der Waals surface area contributed by atoms with Crippen LogP contribution in [-0.2, 0) is 16.5 Å². The van der Waals surface area contributed by atoms with Crippen LogP contribution in [0, 0.1) is 0 Å². The van der Waals surface area contributed by atoms with E-state index in [1.165, 1.54) is 89.2 Å². The second kappa shape index (κ2) is 14.0. The van der Waals surface area contributed by atoms with Gasteiger partial charge in [0.05, 0.1) is 0 Å². The molecule has 156 valence electrons. The molecule has 0 aliphatic carbocycles. The zero-order chi connectivity index (χ0) is 20.0. The number of rotatable bonds is 16. The maximum atomic E-state index is 11.2. The average molecular weight is 399 g/mol. The van der Waals surface area contributed by atoms with Crippen molar-refractivity contribution in [2.45, 2.75) is 108 Å². The Hall–Kier alpha value is -1.07. The Labute approximate surface area is 166 Å². The van der Waals surface area contributed by atoms with Crippen LogP contribution in [0.4, 0.5) is 0 Å². The highest BCUT2D eigenvalue weighted by Gasteiger charge is 2.15. The molecule has 0 spiro atoms. The van der Waals surface area contributed by atoms with Crippen LogP contribution in [0.25, 0.3) is 0 Å². The lowest BCUT2D eigenvalue weighted by atomic mass is 10.0. The maximum absolute atomic E-state index is 11.2. The van der Waals surface area contributed by atoms with E-state index in [0.717, 1.165) is 24.8 Å². The molecule has 0 fully saturated rings. The van der Waals surface area contributed by atoms with Gasteiger partial charge in [-0.1, -0.05) is 96.5 Å². The Balaban J connectivity index is 2.01. The van der Waals surface area contributed by atoms with Gasteiger partial charge in [-0.3, -0.25) is 4.55 Å². The van der Waals surface area contributed by atoms with Gasteiger partial charge in [0.2, 0.25) is 0 Å². The molecule has 1 rings (SSSR count). The van der Waals surface area contributed by atoms with Gasteiger partial charge in [-0.15, -0.1) is 0 Å². The third-order valence-electron chi connectivity index (χ3n) is 5.12. The largest absolute Gasteiger partial charge is 0.506 e. The van der Waals surface area contributed by atoms with Crippen LogP contribution in [0.1, 0.15) is 102 Å². The molecule has 2 N–H and O–H groups in total. The molecule has 4 nitrogen and oxygen atoms in total. The van der Waals surface area contributed by atoms with Crippen molar-refractivity contribution < 1.29 is 18.1 Å². The summed E-state index contributed by atoms with van der Waals surface area (Å²) < 4.78 is 31.5. The van der Waals surface area contributed by atoms with E-state index in [-0.39, 0.29) is 0 Å². The molecule has 27 heavy (non-hydrogen) atoms. The van der Waals surface area contributed by atoms with Gasteiger partial charge in [0.25, 0.3) is 10.1 Å². The highest BCUT2D eigenvalue weighted by atomic mass is 32.2. The Morgan fingerprint density at radius 1 is 0.741 bits per heavy atom. The molecule has 0 heterocycles. The van der Waals surface area contributed by atoms with E-state index in [9.17, 15) is 13.5 Å². The van der Waals surface area contributed by atoms with Gasteiger partial charge in [0.15, 0.2) is 0 Å². The first-order valence-electron chi connectivity index (χ1n) is 10.7. The van der Waals surface area contributed by atoms with Crippen molar-refractivity contribution in [3.8, 4) is 5.75 Å². The molecular formula is C22H38O4S. The molecule has 0 bridgehead atoms. The van der Waals surface area contributed by atoms with Crippen LogP contribution >= 0.6 is 0 Å². The second-order valence-electron chi connectivity index (χ2n) is 7.62. The molecule has 0 aromatic heterocycles. The predicted molar refractivity (Wildman–Crippen MR) is 112 cm³/mol. The summed E-state index contributed by atoms with van der Waals surface area (Å²) in [6.07, 6.45) is 19.0. The van der Waals surface area contributed by atoms with Crippen LogP contribution in [0.5, 0.6) is 5.75 Å². The third kappa shape index (κ3) is 11.4. The first-order chi connectivity index (χ1) is 12.9. The summed E-state index contributed by atoms with van der Waals surface area (Å²) in [5.74, 6) is -0.401. The summed E-state index contributed by atoms with van der Waals surface area (Å²) in [7, 11) is -4.36. The van der Waals surface area contributed by atoms with Crippen LogP contribution in [0.3, 0.4) is 0 Å². The SMILES string of the molecule is CCCCCCCCCCCCCCCCc1ccc(O)c(S(=O)(=O)O)c1. The van der Waals surface area contributed by atoms with Crippen molar-refractivity contribution in [2.24, 2.45) is 0 Å². The first kappa shape index (κ1) is 24.0. The van der Waals surface area contributed by atoms with Crippen molar-refractivity contribution in [1.82, 2.24) is 0 Å². The first-order valence-corrected chi connectivity index (χ1v) is 12.2. The van der Waals surface area contributed by atoms with Gasteiger partial charge in [0, 0.05) is 0 Å². The summed E-state index contributed by atoms with van der Waals surface area (Å²) in [4.78, 5) is -0.398. The van der Waals surface area contributed by atoms with E-state index in [2.05, 4.69) is 6.92 Å². The minimum atomic E-state index is -4.36. The number of benzene rings is 1. The molecule has 0 radical (unpaired) electrons. The number of hydrogen-bond acceptors (Lipinski definition) is 3. The van der Waals surface area contributed by atoms with Gasteiger partial charge in [-0.05, 0) is 30.5 Å². The van der Waals surface area contributed by atoms with Crippen molar-refractivity contribution in [3.05, 3.63) is 23.8 Å². The van der Waals surface area contributed by atoms with Gasteiger partial charge >= 0.3 is 0 Å². The van der Waals surface area contributed by atoms with E-state index in [4.69, 9.17) is 4.55 Å². The summed E-state index contributed by atoms with van der Waals surface area (Å²) in [5, 5.41) is 9.53. The van der Waals surface area contributed by atoms with Gasteiger partial charge in [0.1, 0.15) is 10.6 Å². The van der Waals surface area contributed by atoms with E-state index in [1.54, 1.807) is 6.07 Å². The summed E-state index contributed by atoms with van der Waals surface area (Å²) in [6.45, 7) is 2.26. The Kier molecular flexibility index (Phi) is 12.4. The van der Waals surface area contributed by atoms with E-state index < -0.39 is 20.8 Å². The zero-order valence-electron chi connectivity index (χ0n) is 17.0. The lowest BCUT2D eigenvalue weighted by molar-refractivity contribution is 0.442. The topological polar surface area (TPSA) is 74.6 Å². The summed E-state index contributed by atoms with van der Waals surface area (Å²) in [5.41, 5.74) is 0.833. The van der Waals surface area contributed by atoms with Crippen LogP contribution in [0.15, 0.2) is 23.1 Å². The van der Waals surface area contributed by atoms with Crippen LogP contribution in [0.2, 0.25) is 0 Å². The number of unbranched alkanes of at least 4 members (excludes halogenated alkanes) is 13. The molecule has 0 amide bonds. The fourth-order valence-corrected chi connectivity index (χ4v) is 4.08. The molecule has 0 atom stereocenters. The van der Waals surface area contributed by atoms with E-state index >= 15 is 0 Å². The monoisotopic (exact) mass is 398 g/mol. The number of phenols is 1. The Bertz CT molecular complexity index is 611. The highest BCUT2D eigenvalue weighted by Crippen LogP contribution is 2.24. The molecular weight excluding hydrogens is 360 g/mol. The number of hydrogen-bond donors (Lipinski definition) is 2. The summed E-state index contributed by atoms with van der Waals surface area (Å²) >= 11 is 0. The average Bonchev–Trinajstić information content (AvgIpc) is 2.62. The van der Waals surface area contributed by atoms with Crippen molar-refractivity contribution in [3.63, 3.8) is 0 Å². The van der Waals surface area contributed by atoms with Crippen LogP contribution in [-0.4, -0.2) is 18.1 Å². The van der Waals surface area contributed by atoms with E-state index in [1.807, 2.05) is 0 Å². The van der Waals surface area contributed by atoms with Gasteiger partial charge < -0.3 is 5.11 Å². The molecule has 0 aliphatic heterocycles. The standard InChI is InChI=1S/C22H38O4S/c1-2-3-4-5-6-7-8-9-10-11-12-13-14-15-16-20-17-18-21(23)22(19-20)27(24,25)26/h17-19,23H,2-16H2,1H3,(H,24,25,26). The fraction of sp³-hybridized carbons (Fsp3) is 0.727. The van der Waals surface area contributed by atoms with Gasteiger partial charge in [-0.25, -0.2) is 0 Å². The normalized spacial score (nSPS) is 11.8. The molecule has 0 saturated heterocycles. The van der Waals surface area contributed by atoms with Gasteiger partial charge in [-0.2, -0.15) is 8.42 Å². The third-order valence-corrected chi connectivity index (χ3v) is 6.00. The minimum absolute atomic E-state index is 0.398. The lowest BCUT2D eigenvalue weighted by Crippen LogP contribution is -2.00. The highest BCUT2D eigenvalue weighted by molar-refractivity contribution is 7.86. The maximum Gasteiger partial charge on any atom is 0.298 e. The molecule has 1 aromatic rings. The molecule has 5 heteroatoms. The van der Waals surface area contributed by atoms with Crippen LogP contribution < -0.4 is 0 Å². The quantitative estimate of drug-likeness (QED) is 0.241. The van der Waals surface area contributed by atoms with Crippen molar-refractivity contribution in [2.75, 3.05) is 0 Å². The second-order valence-corrected chi connectivity index (χ2v) is 9.01. The number of phenolic OH excluding ortho intramolecular Hbond substituents is 1. The van der Waals surface area contributed by atoms with E-state index in [0.29, 0.717) is 0 Å². The van der Waals surface area contributed by atoms with Crippen molar-refractivity contribution in [1.29, 1.82) is 0 Å². The Morgan fingerprint density at radius 3 is 1.63 bits per heavy atom. The molecule has 0 unspecified atom stereocenters.